The minimum atomic E-state index is -3.71. The number of nitrogens with one attached hydrogen (secondary N) is 1. The van der Waals surface area contributed by atoms with E-state index in [1.807, 2.05) is 94.4 Å². The summed E-state index contributed by atoms with van der Waals surface area (Å²) in [7, 11) is -3.71. The smallest absolute Gasteiger partial charge is 0.207 e. The van der Waals surface area contributed by atoms with Crippen molar-refractivity contribution in [1.29, 1.82) is 0 Å². The predicted octanol–water partition coefficient (Wildman–Crippen LogP) is 4.99. The van der Waals surface area contributed by atoms with Crippen molar-refractivity contribution in [3.05, 3.63) is 100 Å². The van der Waals surface area contributed by atoms with E-state index in [9.17, 15) is 8.42 Å². The highest BCUT2D eigenvalue weighted by molar-refractivity contribution is 7.89. The molecule has 4 heteroatoms. The van der Waals surface area contributed by atoms with Crippen molar-refractivity contribution >= 4 is 10.0 Å². The quantitative estimate of drug-likeness (QED) is 0.679. The minimum Gasteiger partial charge on any atom is -0.207 e. The summed E-state index contributed by atoms with van der Waals surface area (Å²) in [6, 6.07) is 20.9. The third kappa shape index (κ3) is 3.97. The average Bonchev–Trinajstić information content (AvgIpc) is 2.66. The van der Waals surface area contributed by atoms with E-state index in [-0.39, 0.29) is 0 Å². The number of rotatable bonds is 5. The van der Waals surface area contributed by atoms with Gasteiger partial charge in [0.05, 0.1) is 10.9 Å². The summed E-state index contributed by atoms with van der Waals surface area (Å²) in [5, 5.41) is 0. The topological polar surface area (TPSA) is 46.2 Å². The predicted molar refractivity (Wildman–Crippen MR) is 110 cm³/mol. The molecule has 0 amide bonds. The molecule has 0 aromatic heterocycles. The standard InChI is InChI=1S/C23H25NO2S/c1-16-15-17(2)19(4)23(18(16)3)27(25,26)24-22(20-11-7-5-8-12-20)21-13-9-6-10-14-21/h5-15,22,24H,1-4H3. The second-order valence-corrected chi connectivity index (χ2v) is 8.62. The van der Waals surface area contributed by atoms with Gasteiger partial charge in [-0.1, -0.05) is 66.7 Å². The van der Waals surface area contributed by atoms with E-state index in [0.717, 1.165) is 33.4 Å². The second kappa shape index (κ2) is 7.67. The molecular weight excluding hydrogens is 354 g/mol. The number of hydrogen-bond donors (Lipinski definition) is 1. The number of sulfonamides is 1. The minimum absolute atomic E-state index is 0.386. The fourth-order valence-electron chi connectivity index (χ4n) is 3.42. The van der Waals surface area contributed by atoms with Crippen LogP contribution >= 0.6 is 0 Å². The summed E-state index contributed by atoms with van der Waals surface area (Å²) in [6.07, 6.45) is 0. The van der Waals surface area contributed by atoms with E-state index in [2.05, 4.69) is 4.72 Å². The van der Waals surface area contributed by atoms with Gasteiger partial charge in [0.1, 0.15) is 0 Å². The first-order chi connectivity index (χ1) is 12.8. The maximum Gasteiger partial charge on any atom is 0.241 e. The van der Waals surface area contributed by atoms with Crippen molar-refractivity contribution in [2.24, 2.45) is 0 Å². The van der Waals surface area contributed by atoms with Crippen LogP contribution in [0.4, 0.5) is 0 Å². The van der Waals surface area contributed by atoms with Crippen molar-refractivity contribution in [1.82, 2.24) is 4.72 Å². The van der Waals surface area contributed by atoms with Gasteiger partial charge in [-0.25, -0.2) is 8.42 Å². The summed E-state index contributed by atoms with van der Waals surface area (Å²) in [5.41, 5.74) is 5.37. The van der Waals surface area contributed by atoms with E-state index < -0.39 is 16.1 Å². The molecule has 3 nitrogen and oxygen atoms in total. The Morgan fingerprint density at radius 1 is 0.704 bits per heavy atom. The van der Waals surface area contributed by atoms with Crippen molar-refractivity contribution in [2.45, 2.75) is 38.6 Å². The number of aryl methyl sites for hydroxylation is 2. The molecule has 0 radical (unpaired) electrons. The summed E-state index contributed by atoms with van der Waals surface area (Å²) >= 11 is 0. The van der Waals surface area contributed by atoms with Gasteiger partial charge >= 0.3 is 0 Å². The van der Waals surface area contributed by atoms with Crippen molar-refractivity contribution in [3.8, 4) is 0 Å². The molecule has 140 valence electrons. The zero-order chi connectivity index (χ0) is 19.6. The highest BCUT2D eigenvalue weighted by Crippen LogP contribution is 2.29. The maximum atomic E-state index is 13.4. The molecule has 0 aliphatic carbocycles. The summed E-state index contributed by atoms with van der Waals surface area (Å²) in [5.74, 6) is 0. The lowest BCUT2D eigenvalue weighted by atomic mass is 10.00. The Morgan fingerprint density at radius 2 is 1.11 bits per heavy atom. The van der Waals surface area contributed by atoms with Crippen LogP contribution in [-0.4, -0.2) is 8.42 Å². The monoisotopic (exact) mass is 379 g/mol. The molecule has 3 rings (SSSR count). The summed E-state index contributed by atoms with van der Waals surface area (Å²) in [6.45, 7) is 7.64. The van der Waals surface area contributed by atoms with Crippen LogP contribution in [0.5, 0.6) is 0 Å². The summed E-state index contributed by atoms with van der Waals surface area (Å²) in [4.78, 5) is 0.386. The van der Waals surface area contributed by atoms with Crippen LogP contribution in [0.1, 0.15) is 39.4 Å². The van der Waals surface area contributed by atoms with Gasteiger partial charge in [0.25, 0.3) is 0 Å². The molecule has 0 saturated carbocycles. The van der Waals surface area contributed by atoms with Crippen molar-refractivity contribution in [3.63, 3.8) is 0 Å². The first kappa shape index (κ1) is 19.3. The van der Waals surface area contributed by atoms with E-state index in [1.165, 1.54) is 0 Å². The van der Waals surface area contributed by atoms with Crippen LogP contribution in [0.2, 0.25) is 0 Å². The third-order valence-corrected chi connectivity index (χ3v) is 6.80. The molecular formula is C23H25NO2S. The lowest BCUT2D eigenvalue weighted by Gasteiger charge is -2.22. The Kier molecular flexibility index (Phi) is 5.49. The molecule has 3 aromatic carbocycles. The first-order valence-electron chi connectivity index (χ1n) is 9.01. The Labute approximate surface area is 162 Å². The van der Waals surface area contributed by atoms with Crippen LogP contribution in [-0.2, 0) is 10.0 Å². The van der Waals surface area contributed by atoms with Gasteiger partial charge in [0, 0.05) is 0 Å². The van der Waals surface area contributed by atoms with Crippen LogP contribution in [0, 0.1) is 27.7 Å². The highest BCUT2D eigenvalue weighted by atomic mass is 32.2. The zero-order valence-electron chi connectivity index (χ0n) is 16.2. The zero-order valence-corrected chi connectivity index (χ0v) is 17.0. The van der Waals surface area contributed by atoms with Gasteiger partial charge in [0.2, 0.25) is 10.0 Å². The highest BCUT2D eigenvalue weighted by Gasteiger charge is 2.26. The molecule has 0 aliphatic heterocycles. The number of hydrogen-bond acceptors (Lipinski definition) is 2. The third-order valence-electron chi connectivity index (χ3n) is 5.10. The summed E-state index contributed by atoms with van der Waals surface area (Å²) < 4.78 is 29.8. The SMILES string of the molecule is Cc1cc(C)c(C)c(S(=O)(=O)NC(c2ccccc2)c2ccccc2)c1C. The normalized spacial score (nSPS) is 11.7. The van der Waals surface area contributed by atoms with Crippen molar-refractivity contribution < 1.29 is 8.42 Å². The first-order valence-corrected chi connectivity index (χ1v) is 10.5. The molecule has 0 atom stereocenters. The molecule has 3 aromatic rings. The van der Waals surface area contributed by atoms with Gasteiger partial charge in [-0.3, -0.25) is 0 Å². The van der Waals surface area contributed by atoms with Crippen LogP contribution in [0.15, 0.2) is 71.6 Å². The van der Waals surface area contributed by atoms with E-state index in [0.29, 0.717) is 4.90 Å². The largest absolute Gasteiger partial charge is 0.241 e. The van der Waals surface area contributed by atoms with E-state index in [1.54, 1.807) is 0 Å². The number of benzene rings is 3. The molecule has 0 saturated heterocycles. The van der Waals surface area contributed by atoms with Crippen LogP contribution in [0.25, 0.3) is 0 Å². The fraction of sp³-hybridized carbons (Fsp3) is 0.217. The Balaban J connectivity index is 2.12. The van der Waals surface area contributed by atoms with Gasteiger partial charge in [-0.05, 0) is 61.1 Å². The Morgan fingerprint density at radius 3 is 1.52 bits per heavy atom. The van der Waals surface area contributed by atoms with Gasteiger partial charge in [0.15, 0.2) is 0 Å². The van der Waals surface area contributed by atoms with E-state index >= 15 is 0 Å². The molecule has 0 spiro atoms. The molecule has 0 heterocycles. The lowest BCUT2D eigenvalue weighted by Crippen LogP contribution is -2.30. The van der Waals surface area contributed by atoms with Crippen LogP contribution < -0.4 is 4.72 Å². The lowest BCUT2D eigenvalue weighted by molar-refractivity contribution is 0.570. The molecule has 0 fully saturated rings. The maximum absolute atomic E-state index is 13.4. The average molecular weight is 380 g/mol. The molecule has 0 aliphatic rings. The van der Waals surface area contributed by atoms with Gasteiger partial charge in [-0.15, -0.1) is 0 Å². The Hall–Kier alpha value is -2.43. The van der Waals surface area contributed by atoms with Crippen molar-refractivity contribution in [2.75, 3.05) is 0 Å². The fourth-order valence-corrected chi connectivity index (χ4v) is 5.25. The molecule has 27 heavy (non-hydrogen) atoms. The van der Waals surface area contributed by atoms with Gasteiger partial charge < -0.3 is 0 Å². The molecule has 1 N–H and O–H groups in total. The van der Waals surface area contributed by atoms with E-state index in [4.69, 9.17) is 0 Å². The van der Waals surface area contributed by atoms with Crippen LogP contribution in [0.3, 0.4) is 0 Å². The van der Waals surface area contributed by atoms with Gasteiger partial charge in [-0.2, -0.15) is 4.72 Å². The molecule has 0 bridgehead atoms. The second-order valence-electron chi connectivity index (χ2n) is 6.97. The molecule has 0 unspecified atom stereocenters. The Bertz CT molecular complexity index is 977.